The van der Waals surface area contributed by atoms with Gasteiger partial charge in [0.15, 0.2) is 0 Å². The Morgan fingerprint density at radius 2 is 2.25 bits per heavy atom. The van der Waals surface area contributed by atoms with Gasteiger partial charge in [0.2, 0.25) is 0 Å². The summed E-state index contributed by atoms with van der Waals surface area (Å²) in [6.45, 7) is 0.827. The maximum absolute atomic E-state index is 11.0. The van der Waals surface area contributed by atoms with Gasteiger partial charge in [-0.15, -0.1) is 0 Å². The van der Waals surface area contributed by atoms with Crippen molar-refractivity contribution in [3.8, 4) is 0 Å². The lowest BCUT2D eigenvalue weighted by Crippen LogP contribution is -2.18. The van der Waals surface area contributed by atoms with Gasteiger partial charge in [0.05, 0.1) is 0 Å². The number of hydrogen-bond donors (Lipinski definition) is 1. The van der Waals surface area contributed by atoms with E-state index in [2.05, 4.69) is 15.9 Å². The third-order valence-corrected chi connectivity index (χ3v) is 4.36. The average molecular weight is 304 g/mol. The highest BCUT2D eigenvalue weighted by Gasteiger charge is 2.18. The van der Waals surface area contributed by atoms with Gasteiger partial charge in [-0.1, -0.05) is 0 Å². The van der Waals surface area contributed by atoms with E-state index in [4.69, 9.17) is 5.11 Å². The largest absolute Gasteiger partial charge is 0.477 e. The summed E-state index contributed by atoms with van der Waals surface area (Å²) in [7, 11) is 0. The van der Waals surface area contributed by atoms with Crippen LogP contribution in [0.3, 0.4) is 0 Å². The summed E-state index contributed by atoms with van der Waals surface area (Å²) in [6.07, 6.45) is 4.25. The van der Waals surface area contributed by atoms with Crippen LogP contribution in [0.5, 0.6) is 0 Å². The van der Waals surface area contributed by atoms with E-state index in [-0.39, 0.29) is 0 Å². The van der Waals surface area contributed by atoms with Gasteiger partial charge in [0.1, 0.15) is 5.69 Å². The van der Waals surface area contributed by atoms with E-state index in [0.717, 1.165) is 11.0 Å². The van der Waals surface area contributed by atoms with Gasteiger partial charge in [0, 0.05) is 17.2 Å². The molecule has 1 aliphatic heterocycles. The molecule has 1 fully saturated rings. The first-order chi connectivity index (χ1) is 7.66. The number of aromatic nitrogens is 1. The van der Waals surface area contributed by atoms with Crippen molar-refractivity contribution in [3.63, 3.8) is 0 Å². The number of halogens is 1. The predicted molar refractivity (Wildman–Crippen MR) is 69.1 cm³/mol. The lowest BCUT2D eigenvalue weighted by molar-refractivity contribution is 0.0683. The highest BCUT2D eigenvalue weighted by Crippen LogP contribution is 2.25. The number of aromatic carboxylic acids is 1. The minimum atomic E-state index is -0.851. The number of rotatable bonds is 3. The Hall–Kier alpha value is -0.420. The Morgan fingerprint density at radius 3 is 2.88 bits per heavy atom. The van der Waals surface area contributed by atoms with Crippen molar-refractivity contribution >= 4 is 33.7 Å². The fraction of sp³-hybridized carbons (Fsp3) is 0.545. The molecule has 88 valence electrons. The van der Waals surface area contributed by atoms with Gasteiger partial charge >= 0.3 is 5.97 Å². The van der Waals surface area contributed by atoms with E-state index < -0.39 is 5.97 Å². The van der Waals surface area contributed by atoms with Crippen LogP contribution in [0, 0.1) is 5.92 Å². The second-order valence-corrected chi connectivity index (χ2v) is 6.20. The average Bonchev–Trinajstić information content (AvgIpc) is 2.61. The Morgan fingerprint density at radius 1 is 1.56 bits per heavy atom. The molecule has 1 aromatic rings. The summed E-state index contributed by atoms with van der Waals surface area (Å²) in [6, 6.07) is 1.67. The van der Waals surface area contributed by atoms with Crippen LogP contribution in [0.2, 0.25) is 0 Å². The molecule has 16 heavy (non-hydrogen) atoms. The second-order valence-electron chi connectivity index (χ2n) is 4.06. The van der Waals surface area contributed by atoms with Gasteiger partial charge in [0.25, 0.3) is 0 Å². The molecule has 3 nitrogen and oxygen atoms in total. The number of carboxylic acids is 1. The van der Waals surface area contributed by atoms with Gasteiger partial charge in [-0.2, -0.15) is 11.8 Å². The molecule has 0 unspecified atom stereocenters. The molecule has 2 heterocycles. The monoisotopic (exact) mass is 303 g/mol. The Labute approximate surface area is 107 Å². The first kappa shape index (κ1) is 12.0. The molecule has 0 aromatic carbocycles. The second kappa shape index (κ2) is 5.27. The molecule has 5 heteroatoms. The van der Waals surface area contributed by atoms with Crippen molar-refractivity contribution in [1.29, 1.82) is 0 Å². The quantitative estimate of drug-likeness (QED) is 0.933. The maximum atomic E-state index is 11.0. The van der Waals surface area contributed by atoms with E-state index in [9.17, 15) is 4.79 Å². The van der Waals surface area contributed by atoms with E-state index >= 15 is 0 Å². The minimum Gasteiger partial charge on any atom is -0.477 e. The van der Waals surface area contributed by atoms with Crippen LogP contribution in [-0.2, 0) is 6.54 Å². The van der Waals surface area contributed by atoms with E-state index in [1.807, 2.05) is 22.5 Å². The SMILES string of the molecule is O=C(O)c1cc(Br)cn1CC1CCSCC1. The molecule has 0 amide bonds. The molecule has 1 saturated heterocycles. The zero-order chi connectivity index (χ0) is 11.5. The van der Waals surface area contributed by atoms with Crippen molar-refractivity contribution < 1.29 is 9.90 Å². The molecule has 1 N–H and O–H groups in total. The minimum absolute atomic E-state index is 0.380. The lowest BCUT2D eigenvalue weighted by Gasteiger charge is -2.22. The number of hydrogen-bond acceptors (Lipinski definition) is 2. The summed E-state index contributed by atoms with van der Waals surface area (Å²) >= 11 is 5.32. The van der Waals surface area contributed by atoms with Gasteiger partial charge in [-0.05, 0) is 52.3 Å². The molecule has 0 spiro atoms. The number of thioether (sulfide) groups is 1. The molecule has 1 aliphatic rings. The Bertz CT molecular complexity index is 385. The molecular formula is C11H14BrNO2S. The van der Waals surface area contributed by atoms with Crippen LogP contribution in [0.4, 0.5) is 0 Å². The first-order valence-electron chi connectivity index (χ1n) is 5.33. The molecule has 0 bridgehead atoms. The van der Waals surface area contributed by atoms with Crippen LogP contribution < -0.4 is 0 Å². The number of nitrogens with zero attached hydrogens (tertiary/aromatic N) is 1. The van der Waals surface area contributed by atoms with Crippen molar-refractivity contribution in [2.45, 2.75) is 19.4 Å². The topological polar surface area (TPSA) is 42.2 Å². The van der Waals surface area contributed by atoms with E-state index in [1.54, 1.807) is 6.07 Å². The fourth-order valence-electron chi connectivity index (χ4n) is 2.01. The smallest absolute Gasteiger partial charge is 0.352 e. The Balaban J connectivity index is 2.10. The fourth-order valence-corrected chi connectivity index (χ4v) is 3.68. The molecular weight excluding hydrogens is 290 g/mol. The Kier molecular flexibility index (Phi) is 3.97. The van der Waals surface area contributed by atoms with Gasteiger partial charge < -0.3 is 9.67 Å². The highest BCUT2D eigenvalue weighted by molar-refractivity contribution is 9.10. The van der Waals surface area contributed by atoms with E-state index in [0.29, 0.717) is 11.6 Å². The standard InChI is InChI=1S/C11H14BrNO2S/c12-9-5-10(11(14)15)13(7-9)6-8-1-3-16-4-2-8/h5,7-8H,1-4,6H2,(H,14,15). The zero-order valence-corrected chi connectivity index (χ0v) is 11.3. The molecule has 0 radical (unpaired) electrons. The van der Waals surface area contributed by atoms with Crippen LogP contribution in [-0.4, -0.2) is 27.1 Å². The zero-order valence-electron chi connectivity index (χ0n) is 8.86. The maximum Gasteiger partial charge on any atom is 0.352 e. The first-order valence-corrected chi connectivity index (χ1v) is 7.28. The molecule has 2 rings (SSSR count). The third-order valence-electron chi connectivity index (χ3n) is 2.88. The lowest BCUT2D eigenvalue weighted by atomic mass is 10.0. The van der Waals surface area contributed by atoms with E-state index in [1.165, 1.54) is 24.3 Å². The van der Waals surface area contributed by atoms with Crippen molar-refractivity contribution in [1.82, 2.24) is 4.57 Å². The summed E-state index contributed by atoms with van der Waals surface area (Å²) in [5.41, 5.74) is 0.380. The van der Waals surface area contributed by atoms with Gasteiger partial charge in [-0.3, -0.25) is 0 Å². The summed E-state index contributed by atoms with van der Waals surface area (Å²) in [5, 5.41) is 9.06. The molecule has 1 aromatic heterocycles. The summed E-state index contributed by atoms with van der Waals surface area (Å²) < 4.78 is 2.70. The molecule has 0 saturated carbocycles. The normalized spacial score (nSPS) is 17.6. The predicted octanol–water partition coefficient (Wildman–Crippen LogP) is 3.09. The van der Waals surface area contributed by atoms with Crippen LogP contribution in [0.1, 0.15) is 23.3 Å². The van der Waals surface area contributed by atoms with Crippen LogP contribution >= 0.6 is 27.7 Å². The van der Waals surface area contributed by atoms with Crippen molar-refractivity contribution in [3.05, 3.63) is 22.4 Å². The summed E-state index contributed by atoms with van der Waals surface area (Å²) in [4.78, 5) is 11.0. The van der Waals surface area contributed by atoms with Gasteiger partial charge in [-0.25, -0.2) is 4.79 Å². The molecule has 0 aliphatic carbocycles. The van der Waals surface area contributed by atoms with Crippen molar-refractivity contribution in [2.24, 2.45) is 5.92 Å². The summed E-state index contributed by atoms with van der Waals surface area (Å²) in [5.74, 6) is 2.18. The van der Waals surface area contributed by atoms with Crippen LogP contribution in [0.25, 0.3) is 0 Å². The highest BCUT2D eigenvalue weighted by atomic mass is 79.9. The van der Waals surface area contributed by atoms with Crippen molar-refractivity contribution in [2.75, 3.05) is 11.5 Å². The number of carbonyl (C=O) groups is 1. The third kappa shape index (κ3) is 2.83. The van der Waals surface area contributed by atoms with Crippen LogP contribution in [0.15, 0.2) is 16.7 Å². The number of carboxylic acid groups (broad SMARTS) is 1. The molecule has 0 atom stereocenters.